The highest BCUT2D eigenvalue weighted by Gasteiger charge is 2.20. The minimum atomic E-state index is 0.191. The van der Waals surface area contributed by atoms with E-state index in [0.717, 1.165) is 26.2 Å². The standard InChI is InChI=1S/C9H18N4O2S/c1-16-7-9(14)13-4-2-12(3-5-13)6-8(10)11-15/h15H,2-7H2,1H3,(H2,10,11). The van der Waals surface area contributed by atoms with Crippen molar-refractivity contribution in [3.63, 3.8) is 0 Å². The number of nitrogens with zero attached hydrogens (tertiary/aromatic N) is 3. The van der Waals surface area contributed by atoms with Gasteiger partial charge in [0.25, 0.3) is 0 Å². The average Bonchev–Trinajstić information content (AvgIpc) is 2.30. The van der Waals surface area contributed by atoms with Crippen LogP contribution in [0, 0.1) is 0 Å². The molecule has 3 N–H and O–H groups in total. The largest absolute Gasteiger partial charge is 0.409 e. The molecule has 1 heterocycles. The van der Waals surface area contributed by atoms with Crippen molar-refractivity contribution in [2.75, 3.05) is 44.7 Å². The van der Waals surface area contributed by atoms with E-state index < -0.39 is 0 Å². The zero-order valence-electron chi connectivity index (χ0n) is 9.43. The van der Waals surface area contributed by atoms with Crippen molar-refractivity contribution >= 4 is 23.5 Å². The molecular weight excluding hydrogens is 228 g/mol. The second kappa shape index (κ2) is 6.59. The number of carbonyl (C=O) groups excluding carboxylic acids is 1. The number of piperazine rings is 1. The molecule has 0 bridgehead atoms. The Morgan fingerprint density at radius 3 is 2.56 bits per heavy atom. The molecule has 0 unspecified atom stereocenters. The van der Waals surface area contributed by atoms with Crippen molar-refractivity contribution in [2.24, 2.45) is 10.9 Å². The summed E-state index contributed by atoms with van der Waals surface area (Å²) >= 11 is 1.54. The molecule has 7 heteroatoms. The SMILES string of the molecule is CSCC(=O)N1CCN(CC(N)=NO)CC1. The lowest BCUT2D eigenvalue weighted by Crippen LogP contribution is -2.51. The van der Waals surface area contributed by atoms with Crippen LogP contribution in [0.2, 0.25) is 0 Å². The minimum Gasteiger partial charge on any atom is -0.409 e. The third kappa shape index (κ3) is 3.90. The fourth-order valence-electron chi connectivity index (χ4n) is 1.63. The van der Waals surface area contributed by atoms with Gasteiger partial charge in [0, 0.05) is 26.2 Å². The summed E-state index contributed by atoms with van der Waals surface area (Å²) < 4.78 is 0. The number of thioether (sulfide) groups is 1. The number of nitrogens with two attached hydrogens (primary N) is 1. The highest BCUT2D eigenvalue weighted by atomic mass is 32.2. The quantitative estimate of drug-likeness (QED) is 0.295. The van der Waals surface area contributed by atoms with Gasteiger partial charge in [0.1, 0.15) is 0 Å². The molecule has 0 radical (unpaired) electrons. The number of oxime groups is 1. The predicted octanol–water partition coefficient (Wildman–Crippen LogP) is -0.760. The summed E-state index contributed by atoms with van der Waals surface area (Å²) in [7, 11) is 0. The second-order valence-electron chi connectivity index (χ2n) is 3.68. The molecule has 0 aromatic heterocycles. The van der Waals surface area contributed by atoms with E-state index in [1.54, 1.807) is 11.8 Å². The lowest BCUT2D eigenvalue weighted by molar-refractivity contribution is -0.129. The van der Waals surface area contributed by atoms with Crippen molar-refractivity contribution in [3.8, 4) is 0 Å². The fraction of sp³-hybridized carbons (Fsp3) is 0.778. The number of hydrogen-bond donors (Lipinski definition) is 2. The average molecular weight is 246 g/mol. The zero-order valence-corrected chi connectivity index (χ0v) is 10.2. The number of amides is 1. The van der Waals surface area contributed by atoms with Gasteiger partial charge in [0.15, 0.2) is 5.84 Å². The van der Waals surface area contributed by atoms with E-state index in [1.165, 1.54) is 0 Å². The second-order valence-corrected chi connectivity index (χ2v) is 4.55. The van der Waals surface area contributed by atoms with Crippen molar-refractivity contribution in [2.45, 2.75) is 0 Å². The van der Waals surface area contributed by atoms with E-state index in [2.05, 4.69) is 10.1 Å². The summed E-state index contributed by atoms with van der Waals surface area (Å²) in [5.41, 5.74) is 5.42. The molecule has 1 aliphatic heterocycles. The summed E-state index contributed by atoms with van der Waals surface area (Å²) in [6.07, 6.45) is 1.92. The summed E-state index contributed by atoms with van der Waals surface area (Å²) in [5, 5.41) is 11.4. The van der Waals surface area contributed by atoms with E-state index >= 15 is 0 Å². The molecule has 1 rings (SSSR count). The molecule has 0 spiro atoms. The molecule has 1 saturated heterocycles. The molecule has 1 aliphatic rings. The summed E-state index contributed by atoms with van der Waals surface area (Å²) in [6.45, 7) is 3.45. The van der Waals surface area contributed by atoms with Crippen LogP contribution in [0.15, 0.2) is 5.16 Å². The first-order valence-corrected chi connectivity index (χ1v) is 6.52. The van der Waals surface area contributed by atoms with E-state index in [1.807, 2.05) is 11.2 Å². The van der Waals surface area contributed by atoms with E-state index in [4.69, 9.17) is 10.9 Å². The Labute approximate surface area is 99.4 Å². The van der Waals surface area contributed by atoms with Gasteiger partial charge < -0.3 is 15.8 Å². The molecule has 6 nitrogen and oxygen atoms in total. The Kier molecular flexibility index (Phi) is 5.41. The third-order valence-corrected chi connectivity index (χ3v) is 3.04. The highest BCUT2D eigenvalue weighted by Crippen LogP contribution is 2.04. The van der Waals surface area contributed by atoms with Crippen LogP contribution in [0.3, 0.4) is 0 Å². The molecule has 0 aromatic carbocycles. The lowest BCUT2D eigenvalue weighted by atomic mass is 10.3. The van der Waals surface area contributed by atoms with Crippen LogP contribution in [0.1, 0.15) is 0 Å². The Hall–Kier alpha value is -0.950. The van der Waals surface area contributed by atoms with E-state index in [9.17, 15) is 4.79 Å². The molecule has 92 valence electrons. The minimum absolute atomic E-state index is 0.191. The van der Waals surface area contributed by atoms with E-state index in [-0.39, 0.29) is 11.7 Å². The number of rotatable bonds is 4. The maximum absolute atomic E-state index is 11.6. The van der Waals surface area contributed by atoms with Crippen molar-refractivity contribution in [3.05, 3.63) is 0 Å². The van der Waals surface area contributed by atoms with Crippen molar-refractivity contribution in [1.29, 1.82) is 0 Å². The summed E-state index contributed by atoms with van der Waals surface area (Å²) in [5.74, 6) is 0.945. The molecule has 16 heavy (non-hydrogen) atoms. The lowest BCUT2D eigenvalue weighted by Gasteiger charge is -2.34. The molecule has 0 aliphatic carbocycles. The smallest absolute Gasteiger partial charge is 0.232 e. The zero-order chi connectivity index (χ0) is 12.0. The summed E-state index contributed by atoms with van der Waals surface area (Å²) in [4.78, 5) is 15.5. The topological polar surface area (TPSA) is 82.2 Å². The predicted molar refractivity (Wildman–Crippen MR) is 64.8 cm³/mol. The first-order chi connectivity index (χ1) is 7.67. The van der Waals surface area contributed by atoms with Gasteiger partial charge in [-0.1, -0.05) is 5.16 Å². The first-order valence-electron chi connectivity index (χ1n) is 5.13. The van der Waals surface area contributed by atoms with Gasteiger partial charge in [-0.25, -0.2) is 0 Å². The maximum Gasteiger partial charge on any atom is 0.232 e. The van der Waals surface area contributed by atoms with Crippen LogP contribution in [-0.4, -0.2) is 71.5 Å². The van der Waals surface area contributed by atoms with Crippen molar-refractivity contribution in [1.82, 2.24) is 9.80 Å². The normalized spacial score (nSPS) is 18.8. The van der Waals surface area contributed by atoms with Gasteiger partial charge in [0.05, 0.1) is 12.3 Å². The number of hydrogen-bond acceptors (Lipinski definition) is 5. The van der Waals surface area contributed by atoms with Crippen LogP contribution < -0.4 is 5.73 Å². The Morgan fingerprint density at radius 2 is 2.06 bits per heavy atom. The first kappa shape index (κ1) is 13.1. The number of amidine groups is 1. The molecule has 1 fully saturated rings. The Balaban J connectivity index is 2.31. The molecule has 1 amide bonds. The van der Waals surface area contributed by atoms with Crippen molar-refractivity contribution < 1.29 is 10.0 Å². The molecule has 0 aromatic rings. The van der Waals surface area contributed by atoms with Gasteiger partial charge in [-0.05, 0) is 6.26 Å². The van der Waals surface area contributed by atoms with Gasteiger partial charge in [0.2, 0.25) is 5.91 Å². The van der Waals surface area contributed by atoms with Crippen LogP contribution in [-0.2, 0) is 4.79 Å². The van der Waals surface area contributed by atoms with E-state index in [0.29, 0.717) is 12.3 Å². The maximum atomic E-state index is 11.6. The monoisotopic (exact) mass is 246 g/mol. The molecule has 0 atom stereocenters. The van der Waals surface area contributed by atoms with Gasteiger partial charge in [-0.3, -0.25) is 9.69 Å². The fourth-order valence-corrected chi connectivity index (χ4v) is 2.06. The van der Waals surface area contributed by atoms with Crippen LogP contribution in [0.4, 0.5) is 0 Å². The summed E-state index contributed by atoms with van der Waals surface area (Å²) in [6, 6.07) is 0. The van der Waals surface area contributed by atoms with Gasteiger partial charge in [-0.15, -0.1) is 0 Å². The van der Waals surface area contributed by atoms with Gasteiger partial charge >= 0.3 is 0 Å². The number of carbonyl (C=O) groups is 1. The van der Waals surface area contributed by atoms with Crippen LogP contribution in [0.5, 0.6) is 0 Å². The highest BCUT2D eigenvalue weighted by molar-refractivity contribution is 7.99. The molecular formula is C9H18N4O2S. The third-order valence-electron chi connectivity index (χ3n) is 2.51. The Bertz CT molecular complexity index is 264. The van der Waals surface area contributed by atoms with Gasteiger partial charge in [-0.2, -0.15) is 11.8 Å². The molecule has 0 saturated carbocycles. The Morgan fingerprint density at radius 1 is 1.44 bits per heavy atom. The van der Waals surface area contributed by atoms with Crippen LogP contribution >= 0.6 is 11.8 Å². The van der Waals surface area contributed by atoms with Crippen LogP contribution in [0.25, 0.3) is 0 Å².